The van der Waals surface area contributed by atoms with Crippen LogP contribution >= 0.6 is 11.6 Å². The second kappa shape index (κ2) is 2.09. The summed E-state index contributed by atoms with van der Waals surface area (Å²) in [6.07, 6.45) is 3.02. The van der Waals surface area contributed by atoms with Crippen molar-refractivity contribution in [3.05, 3.63) is 30.2 Å². The minimum Gasteiger partial charge on any atom is -0.240 e. The van der Waals surface area contributed by atoms with E-state index in [1.165, 1.54) is 12.4 Å². The summed E-state index contributed by atoms with van der Waals surface area (Å²) in [6.45, 7) is 3.48. The number of hydrogen-bond donors (Lipinski definition) is 0. The van der Waals surface area contributed by atoms with Gasteiger partial charge in [-0.15, -0.1) is 0 Å². The quantitative estimate of drug-likeness (QED) is 0.525. The lowest BCUT2D eigenvalue weighted by Crippen LogP contribution is -1.82. The molecule has 0 saturated carbocycles. The van der Waals surface area contributed by atoms with Crippen LogP contribution in [0.3, 0.4) is 0 Å². The first-order chi connectivity index (χ1) is 3.79. The lowest BCUT2D eigenvalue weighted by Gasteiger charge is -1.86. The molecule has 0 N–H and O–H groups in total. The highest BCUT2D eigenvalue weighted by molar-refractivity contribution is 6.30. The monoisotopic (exact) mass is 127 g/mol. The van der Waals surface area contributed by atoms with Crippen molar-refractivity contribution >= 4 is 11.6 Å². The van der Waals surface area contributed by atoms with Gasteiger partial charge in [-0.1, -0.05) is 11.6 Å². The van der Waals surface area contributed by atoms with Crippen LogP contribution in [0.5, 0.6) is 0 Å². The average molecular weight is 128 g/mol. The summed E-state index contributed by atoms with van der Waals surface area (Å²) in [5.74, 6) is 0.495. The predicted molar refractivity (Wildman–Crippen MR) is 31.5 cm³/mol. The average Bonchev–Trinajstić information content (AvgIpc) is 1.77. The van der Waals surface area contributed by atoms with Gasteiger partial charge in [0.1, 0.15) is 5.82 Å². The standard InChI is InChI=1S/C5H4ClN2/c1-4-7-2-5(6)3-8-4/h2-3H,1H2. The van der Waals surface area contributed by atoms with E-state index in [1.54, 1.807) is 0 Å². The van der Waals surface area contributed by atoms with E-state index in [0.29, 0.717) is 10.8 Å². The molecule has 3 heteroatoms. The van der Waals surface area contributed by atoms with Crippen LogP contribution < -0.4 is 0 Å². The van der Waals surface area contributed by atoms with Gasteiger partial charge in [0.15, 0.2) is 0 Å². The van der Waals surface area contributed by atoms with E-state index >= 15 is 0 Å². The fourth-order valence-corrected chi connectivity index (χ4v) is 0.437. The third-order valence-corrected chi connectivity index (χ3v) is 0.869. The highest BCUT2D eigenvalue weighted by Crippen LogP contribution is 2.00. The molecule has 0 unspecified atom stereocenters. The van der Waals surface area contributed by atoms with E-state index in [4.69, 9.17) is 11.6 Å². The van der Waals surface area contributed by atoms with E-state index in [-0.39, 0.29) is 0 Å². The zero-order valence-electron chi connectivity index (χ0n) is 4.13. The minimum atomic E-state index is 0.495. The summed E-state index contributed by atoms with van der Waals surface area (Å²) in [7, 11) is 0. The van der Waals surface area contributed by atoms with E-state index in [9.17, 15) is 0 Å². The van der Waals surface area contributed by atoms with Gasteiger partial charge in [0, 0.05) is 19.3 Å². The Kier molecular flexibility index (Phi) is 1.44. The third-order valence-electron chi connectivity index (χ3n) is 0.674. The highest BCUT2D eigenvalue weighted by atomic mass is 35.5. The van der Waals surface area contributed by atoms with Crippen LogP contribution in [0.15, 0.2) is 12.4 Å². The lowest BCUT2D eigenvalue weighted by molar-refractivity contribution is 1.11. The summed E-state index contributed by atoms with van der Waals surface area (Å²) in [6, 6.07) is 0. The van der Waals surface area contributed by atoms with Crippen molar-refractivity contribution in [1.29, 1.82) is 0 Å². The molecular formula is C5H4ClN2. The molecule has 1 aromatic heterocycles. The topological polar surface area (TPSA) is 25.8 Å². The van der Waals surface area contributed by atoms with Crippen molar-refractivity contribution in [2.75, 3.05) is 0 Å². The van der Waals surface area contributed by atoms with Crippen LogP contribution in [-0.2, 0) is 0 Å². The van der Waals surface area contributed by atoms with E-state index in [2.05, 4.69) is 16.9 Å². The van der Waals surface area contributed by atoms with Gasteiger partial charge in [0.05, 0.1) is 5.02 Å². The van der Waals surface area contributed by atoms with Crippen molar-refractivity contribution < 1.29 is 0 Å². The van der Waals surface area contributed by atoms with Gasteiger partial charge in [-0.3, -0.25) is 0 Å². The molecule has 0 aromatic carbocycles. The number of aromatic nitrogens is 2. The normalized spacial score (nSPS) is 9.25. The zero-order valence-corrected chi connectivity index (χ0v) is 4.89. The zero-order chi connectivity index (χ0) is 5.98. The molecule has 0 amide bonds. The van der Waals surface area contributed by atoms with Gasteiger partial charge in [-0.25, -0.2) is 9.97 Å². The van der Waals surface area contributed by atoms with E-state index < -0.39 is 0 Å². The lowest BCUT2D eigenvalue weighted by atomic mass is 10.6. The molecule has 0 spiro atoms. The molecule has 2 nitrogen and oxygen atoms in total. The Morgan fingerprint density at radius 3 is 2.25 bits per heavy atom. The van der Waals surface area contributed by atoms with Crippen molar-refractivity contribution in [1.82, 2.24) is 9.97 Å². The molecule has 8 heavy (non-hydrogen) atoms. The van der Waals surface area contributed by atoms with Crippen LogP contribution in [0.1, 0.15) is 5.82 Å². The third kappa shape index (κ3) is 1.17. The van der Waals surface area contributed by atoms with Crippen molar-refractivity contribution in [2.45, 2.75) is 0 Å². The Hall–Kier alpha value is -0.630. The van der Waals surface area contributed by atoms with Crippen LogP contribution in [0.2, 0.25) is 5.02 Å². The maximum absolute atomic E-state index is 5.46. The van der Waals surface area contributed by atoms with Crippen LogP contribution in [0, 0.1) is 6.92 Å². The first-order valence-corrected chi connectivity index (χ1v) is 2.46. The Balaban J connectivity index is 3.03. The van der Waals surface area contributed by atoms with Gasteiger partial charge in [0.25, 0.3) is 0 Å². The van der Waals surface area contributed by atoms with Crippen LogP contribution in [0.4, 0.5) is 0 Å². The van der Waals surface area contributed by atoms with E-state index in [0.717, 1.165) is 0 Å². The maximum Gasteiger partial charge on any atom is 0.128 e. The smallest absolute Gasteiger partial charge is 0.128 e. The fourth-order valence-electron chi connectivity index (χ4n) is 0.339. The number of nitrogens with zero attached hydrogens (tertiary/aromatic N) is 2. The number of halogens is 1. The Morgan fingerprint density at radius 2 is 1.88 bits per heavy atom. The van der Waals surface area contributed by atoms with Crippen LogP contribution in [0.25, 0.3) is 0 Å². The largest absolute Gasteiger partial charge is 0.240 e. The molecule has 41 valence electrons. The van der Waals surface area contributed by atoms with Crippen molar-refractivity contribution in [3.8, 4) is 0 Å². The molecule has 1 rings (SSSR count). The fraction of sp³-hybridized carbons (Fsp3) is 0. The Bertz CT molecular complexity index is 149. The van der Waals surface area contributed by atoms with Gasteiger partial charge < -0.3 is 0 Å². The molecule has 1 aromatic rings. The second-order valence-electron chi connectivity index (χ2n) is 1.32. The molecule has 0 saturated heterocycles. The maximum atomic E-state index is 5.46. The molecule has 0 fully saturated rings. The van der Waals surface area contributed by atoms with Gasteiger partial charge in [0.2, 0.25) is 0 Å². The summed E-state index contributed by atoms with van der Waals surface area (Å²) in [5, 5.41) is 0.539. The summed E-state index contributed by atoms with van der Waals surface area (Å²) in [4.78, 5) is 7.45. The summed E-state index contributed by atoms with van der Waals surface area (Å²) in [5.41, 5.74) is 0. The SMILES string of the molecule is [CH2]c1ncc(Cl)cn1. The molecule has 0 aliphatic heterocycles. The van der Waals surface area contributed by atoms with Crippen molar-refractivity contribution in [2.24, 2.45) is 0 Å². The Labute approximate surface area is 52.5 Å². The van der Waals surface area contributed by atoms with Gasteiger partial charge in [-0.2, -0.15) is 0 Å². The predicted octanol–water partition coefficient (Wildman–Crippen LogP) is 1.31. The molecule has 1 heterocycles. The van der Waals surface area contributed by atoms with E-state index in [1.807, 2.05) is 0 Å². The molecular weight excluding hydrogens is 124 g/mol. The number of hydrogen-bond acceptors (Lipinski definition) is 2. The first kappa shape index (κ1) is 5.51. The number of rotatable bonds is 0. The molecule has 1 radical (unpaired) electrons. The minimum absolute atomic E-state index is 0.495. The summed E-state index contributed by atoms with van der Waals surface area (Å²) < 4.78 is 0. The second-order valence-corrected chi connectivity index (χ2v) is 1.75. The Morgan fingerprint density at radius 1 is 1.38 bits per heavy atom. The van der Waals surface area contributed by atoms with Gasteiger partial charge >= 0.3 is 0 Å². The molecule has 0 atom stereocenters. The first-order valence-electron chi connectivity index (χ1n) is 2.08. The molecule has 0 bridgehead atoms. The van der Waals surface area contributed by atoms with Crippen molar-refractivity contribution in [3.63, 3.8) is 0 Å². The van der Waals surface area contributed by atoms with Crippen LogP contribution in [-0.4, -0.2) is 9.97 Å². The van der Waals surface area contributed by atoms with Gasteiger partial charge in [-0.05, 0) is 0 Å². The summed E-state index contributed by atoms with van der Waals surface area (Å²) >= 11 is 5.46. The molecule has 0 aliphatic carbocycles. The highest BCUT2D eigenvalue weighted by Gasteiger charge is 1.84. The molecule has 0 aliphatic rings.